The molecule has 200 valence electrons. The molecule has 0 spiro atoms. The van der Waals surface area contributed by atoms with E-state index in [0.717, 1.165) is 53.7 Å². The summed E-state index contributed by atoms with van der Waals surface area (Å²) in [5, 5.41) is 0. The number of methoxy groups -OCH3 is 1. The van der Waals surface area contributed by atoms with Gasteiger partial charge in [-0.3, -0.25) is 9.69 Å². The molecule has 4 aromatic rings. The van der Waals surface area contributed by atoms with Crippen LogP contribution in [0.5, 0.6) is 17.2 Å². The van der Waals surface area contributed by atoms with E-state index in [1.54, 1.807) is 25.3 Å². The van der Waals surface area contributed by atoms with Gasteiger partial charge in [-0.05, 0) is 72.6 Å². The number of carbonyl (C=O) groups excluding carboxylic acids is 1. The molecule has 2 aliphatic rings. The molecule has 6 rings (SSSR count). The monoisotopic (exact) mass is 527 g/mol. The number of carbonyl (C=O) groups is 1. The Morgan fingerprint density at radius 2 is 1.67 bits per heavy atom. The van der Waals surface area contributed by atoms with Gasteiger partial charge in [-0.15, -0.1) is 0 Å². The number of benzene rings is 3. The molecule has 0 N–H and O–H groups in total. The SMILES string of the molecule is COc1ccc(-c2cc(C(=O)N3CCN(Cc4ccc5c(c4)OCO5)CC3)c(C)n2-c2ccccc2F)cc1. The highest BCUT2D eigenvalue weighted by atomic mass is 19.1. The molecule has 7 nitrogen and oxygen atoms in total. The normalized spacial score (nSPS) is 15.0. The van der Waals surface area contributed by atoms with Crippen molar-refractivity contribution in [3.8, 4) is 34.2 Å². The number of piperazine rings is 1. The molecule has 0 atom stereocenters. The van der Waals surface area contributed by atoms with Gasteiger partial charge in [0.1, 0.15) is 11.6 Å². The third kappa shape index (κ3) is 4.83. The Morgan fingerprint density at radius 3 is 2.41 bits per heavy atom. The predicted molar refractivity (Wildman–Crippen MR) is 146 cm³/mol. The molecule has 3 heterocycles. The lowest BCUT2D eigenvalue weighted by molar-refractivity contribution is 0.0627. The third-order valence-corrected chi connectivity index (χ3v) is 7.46. The van der Waals surface area contributed by atoms with Gasteiger partial charge in [0, 0.05) is 38.4 Å². The van der Waals surface area contributed by atoms with Crippen molar-refractivity contribution in [3.63, 3.8) is 0 Å². The Kier molecular flexibility index (Phi) is 6.70. The molecule has 8 heteroatoms. The highest BCUT2D eigenvalue weighted by molar-refractivity contribution is 5.97. The van der Waals surface area contributed by atoms with Crippen molar-refractivity contribution in [1.82, 2.24) is 14.4 Å². The number of hydrogen-bond acceptors (Lipinski definition) is 5. The largest absolute Gasteiger partial charge is 0.497 e. The van der Waals surface area contributed by atoms with E-state index >= 15 is 0 Å². The van der Waals surface area contributed by atoms with E-state index in [9.17, 15) is 9.18 Å². The number of nitrogens with zero attached hydrogens (tertiary/aromatic N) is 3. The zero-order valence-electron chi connectivity index (χ0n) is 22.0. The molecular weight excluding hydrogens is 497 g/mol. The fourth-order valence-electron chi connectivity index (χ4n) is 5.32. The van der Waals surface area contributed by atoms with E-state index in [1.807, 2.05) is 58.9 Å². The maximum absolute atomic E-state index is 15.0. The molecule has 39 heavy (non-hydrogen) atoms. The number of aromatic nitrogens is 1. The fraction of sp³-hybridized carbons (Fsp3) is 0.258. The first kappa shape index (κ1) is 25.0. The molecular formula is C31H30FN3O4. The smallest absolute Gasteiger partial charge is 0.255 e. The van der Waals surface area contributed by atoms with Gasteiger partial charge in [0.15, 0.2) is 11.5 Å². The highest BCUT2D eigenvalue weighted by Gasteiger charge is 2.27. The first-order chi connectivity index (χ1) is 19.0. The van der Waals surface area contributed by atoms with Gasteiger partial charge in [-0.1, -0.05) is 18.2 Å². The lowest BCUT2D eigenvalue weighted by Gasteiger charge is -2.34. The molecule has 1 fully saturated rings. The van der Waals surface area contributed by atoms with Crippen LogP contribution in [0.25, 0.3) is 16.9 Å². The molecule has 1 saturated heterocycles. The summed E-state index contributed by atoms with van der Waals surface area (Å²) in [7, 11) is 1.62. The van der Waals surface area contributed by atoms with E-state index in [0.29, 0.717) is 30.0 Å². The second kappa shape index (κ2) is 10.5. The zero-order chi connectivity index (χ0) is 26.9. The minimum atomic E-state index is -0.345. The average Bonchev–Trinajstić information content (AvgIpc) is 3.57. The van der Waals surface area contributed by atoms with Crippen molar-refractivity contribution in [2.24, 2.45) is 0 Å². The molecule has 1 amide bonds. The summed E-state index contributed by atoms with van der Waals surface area (Å²) in [4.78, 5) is 18.0. The Labute approximate surface area is 226 Å². The van der Waals surface area contributed by atoms with Gasteiger partial charge in [0.2, 0.25) is 6.79 Å². The first-order valence-electron chi connectivity index (χ1n) is 13.0. The summed E-state index contributed by atoms with van der Waals surface area (Å²) in [5.74, 6) is 1.90. The van der Waals surface area contributed by atoms with Crippen LogP contribution in [0.4, 0.5) is 4.39 Å². The Balaban J connectivity index is 1.23. The second-order valence-corrected chi connectivity index (χ2v) is 9.80. The van der Waals surface area contributed by atoms with Crippen LogP contribution < -0.4 is 14.2 Å². The summed E-state index contributed by atoms with van der Waals surface area (Å²) in [6.45, 7) is 5.68. The molecule has 0 bridgehead atoms. The molecule has 0 saturated carbocycles. The number of rotatable bonds is 6. The van der Waals surface area contributed by atoms with E-state index < -0.39 is 0 Å². The average molecular weight is 528 g/mol. The number of amides is 1. The summed E-state index contributed by atoms with van der Waals surface area (Å²) in [6, 6.07) is 22.1. The van der Waals surface area contributed by atoms with Crippen LogP contribution in [0.2, 0.25) is 0 Å². The molecule has 0 unspecified atom stereocenters. The quantitative estimate of drug-likeness (QED) is 0.341. The summed E-state index contributed by atoms with van der Waals surface area (Å²) in [6.07, 6.45) is 0. The van der Waals surface area contributed by atoms with E-state index in [-0.39, 0.29) is 18.5 Å². The van der Waals surface area contributed by atoms with Crippen LogP contribution in [-0.4, -0.2) is 60.4 Å². The van der Waals surface area contributed by atoms with Gasteiger partial charge in [0.25, 0.3) is 5.91 Å². The van der Waals surface area contributed by atoms with Crippen molar-refractivity contribution in [2.75, 3.05) is 40.1 Å². The Hall–Kier alpha value is -4.30. The minimum Gasteiger partial charge on any atom is -0.497 e. The number of hydrogen-bond donors (Lipinski definition) is 0. The standard InChI is InChI=1S/C31H30FN3O4/c1-21-25(18-28(23-8-10-24(37-2)11-9-23)35(21)27-6-4-3-5-26(27)32)31(36)34-15-13-33(14-16-34)19-22-7-12-29-30(17-22)39-20-38-29/h3-12,17-18H,13-16,19-20H2,1-2H3. The van der Waals surface area contributed by atoms with Gasteiger partial charge in [-0.25, -0.2) is 4.39 Å². The number of ether oxygens (including phenoxy) is 3. The van der Waals surface area contributed by atoms with Gasteiger partial charge < -0.3 is 23.7 Å². The molecule has 3 aromatic carbocycles. The van der Waals surface area contributed by atoms with Crippen molar-refractivity contribution >= 4 is 5.91 Å². The van der Waals surface area contributed by atoms with E-state index in [1.165, 1.54) is 6.07 Å². The molecule has 0 radical (unpaired) electrons. The van der Waals surface area contributed by atoms with E-state index in [2.05, 4.69) is 11.0 Å². The van der Waals surface area contributed by atoms with Crippen LogP contribution in [-0.2, 0) is 6.54 Å². The van der Waals surface area contributed by atoms with Crippen molar-refractivity contribution in [3.05, 3.63) is 95.4 Å². The summed E-state index contributed by atoms with van der Waals surface area (Å²) in [5.41, 5.74) is 4.47. The van der Waals surface area contributed by atoms with Crippen molar-refractivity contribution in [1.29, 1.82) is 0 Å². The van der Waals surface area contributed by atoms with Crippen LogP contribution in [0.3, 0.4) is 0 Å². The maximum atomic E-state index is 15.0. The van der Waals surface area contributed by atoms with Crippen molar-refractivity contribution < 1.29 is 23.4 Å². The van der Waals surface area contributed by atoms with Gasteiger partial charge >= 0.3 is 0 Å². The zero-order valence-corrected chi connectivity index (χ0v) is 22.0. The van der Waals surface area contributed by atoms with E-state index in [4.69, 9.17) is 14.2 Å². The molecule has 0 aliphatic carbocycles. The number of halogens is 1. The number of fused-ring (bicyclic) bond motifs is 1. The molecule has 1 aromatic heterocycles. The van der Waals surface area contributed by atoms with Crippen LogP contribution in [0.1, 0.15) is 21.6 Å². The van der Waals surface area contributed by atoms with Gasteiger partial charge in [-0.2, -0.15) is 0 Å². The Bertz CT molecular complexity index is 1510. The van der Waals surface area contributed by atoms with Crippen molar-refractivity contribution in [2.45, 2.75) is 13.5 Å². The number of para-hydroxylation sites is 1. The Morgan fingerprint density at radius 1 is 0.923 bits per heavy atom. The van der Waals surface area contributed by atoms with Gasteiger partial charge in [0.05, 0.1) is 24.1 Å². The second-order valence-electron chi connectivity index (χ2n) is 9.80. The topological polar surface area (TPSA) is 56.2 Å². The maximum Gasteiger partial charge on any atom is 0.255 e. The van der Waals surface area contributed by atoms with Crippen LogP contribution >= 0.6 is 0 Å². The lowest BCUT2D eigenvalue weighted by atomic mass is 10.1. The highest BCUT2D eigenvalue weighted by Crippen LogP contribution is 2.34. The lowest BCUT2D eigenvalue weighted by Crippen LogP contribution is -2.48. The first-order valence-corrected chi connectivity index (χ1v) is 13.0. The van der Waals surface area contributed by atoms with Crippen LogP contribution in [0, 0.1) is 12.7 Å². The third-order valence-electron chi connectivity index (χ3n) is 7.46. The molecule has 2 aliphatic heterocycles. The fourth-order valence-corrected chi connectivity index (χ4v) is 5.32. The predicted octanol–water partition coefficient (Wildman–Crippen LogP) is 5.29. The summed E-state index contributed by atoms with van der Waals surface area (Å²) >= 11 is 0. The minimum absolute atomic E-state index is 0.0416. The van der Waals surface area contributed by atoms with Crippen LogP contribution in [0.15, 0.2) is 72.8 Å². The summed E-state index contributed by atoms with van der Waals surface area (Å²) < 4.78 is 33.0.